The highest BCUT2D eigenvalue weighted by atomic mass is 19.3. The normalized spacial score (nSPS) is 27.8. The van der Waals surface area contributed by atoms with E-state index in [-0.39, 0.29) is 24.9 Å². The predicted molar refractivity (Wildman–Crippen MR) is 127 cm³/mol. The van der Waals surface area contributed by atoms with Gasteiger partial charge in [0.15, 0.2) is 0 Å². The van der Waals surface area contributed by atoms with E-state index < -0.39 is 17.8 Å². The Morgan fingerprint density at radius 2 is 1.84 bits per heavy atom. The summed E-state index contributed by atoms with van der Waals surface area (Å²) in [6.07, 6.45) is 13.7. The van der Waals surface area contributed by atoms with Crippen LogP contribution in [0.2, 0.25) is 0 Å². The Balaban J connectivity index is 1.43. The summed E-state index contributed by atoms with van der Waals surface area (Å²) in [6.45, 7) is 5.85. The molecule has 0 bridgehead atoms. The highest BCUT2D eigenvalue weighted by Crippen LogP contribution is 2.44. The van der Waals surface area contributed by atoms with E-state index in [1.54, 1.807) is 6.08 Å². The number of benzene rings is 1. The Labute approximate surface area is 192 Å². The molecular weight excluding hydrogens is 406 g/mol. The minimum Gasteiger partial charge on any atom is -0.462 e. The van der Waals surface area contributed by atoms with Gasteiger partial charge in [-0.2, -0.15) is 0 Å². The van der Waals surface area contributed by atoms with Crippen LogP contribution in [0.4, 0.5) is 8.78 Å². The van der Waals surface area contributed by atoms with E-state index in [1.165, 1.54) is 11.1 Å². The minimum absolute atomic E-state index is 0.0304. The Morgan fingerprint density at radius 3 is 2.47 bits per heavy atom. The predicted octanol–water partition coefficient (Wildman–Crippen LogP) is 7.77. The second kappa shape index (κ2) is 11.8. The van der Waals surface area contributed by atoms with Crippen LogP contribution in [-0.2, 0) is 16.0 Å². The number of aryl methyl sites for hydroxylation is 1. The van der Waals surface area contributed by atoms with Crippen LogP contribution >= 0.6 is 0 Å². The highest BCUT2D eigenvalue weighted by Gasteiger charge is 2.49. The van der Waals surface area contributed by atoms with Crippen molar-refractivity contribution >= 4 is 12.0 Å². The van der Waals surface area contributed by atoms with Crippen molar-refractivity contribution in [1.82, 2.24) is 0 Å². The molecule has 0 saturated heterocycles. The quantitative estimate of drug-likeness (QED) is 0.287. The summed E-state index contributed by atoms with van der Waals surface area (Å²) in [5.74, 6) is -4.52. The van der Waals surface area contributed by atoms with Crippen LogP contribution in [0.1, 0.15) is 82.3 Å². The van der Waals surface area contributed by atoms with Gasteiger partial charge in [0.1, 0.15) is 12.0 Å². The molecule has 2 unspecified atom stereocenters. The lowest BCUT2D eigenvalue weighted by Gasteiger charge is -2.36. The number of ether oxygens (including phenoxy) is 1. The Morgan fingerprint density at radius 1 is 1.12 bits per heavy atom. The minimum atomic E-state index is -2.96. The number of esters is 1. The van der Waals surface area contributed by atoms with Crippen molar-refractivity contribution < 1.29 is 18.3 Å². The zero-order chi connectivity index (χ0) is 23.0. The molecule has 0 aliphatic heterocycles. The summed E-state index contributed by atoms with van der Waals surface area (Å²) < 4.78 is 34.8. The second-order valence-corrected chi connectivity index (χ2v) is 9.65. The third kappa shape index (κ3) is 7.02. The van der Waals surface area contributed by atoms with Gasteiger partial charge in [0.25, 0.3) is 5.92 Å². The van der Waals surface area contributed by atoms with Gasteiger partial charge in [0.2, 0.25) is 0 Å². The van der Waals surface area contributed by atoms with E-state index in [9.17, 15) is 13.6 Å². The molecule has 2 aliphatic carbocycles. The molecule has 2 aliphatic rings. The van der Waals surface area contributed by atoms with Gasteiger partial charge < -0.3 is 4.74 Å². The van der Waals surface area contributed by atoms with Crippen LogP contribution in [0, 0.1) is 17.8 Å². The summed E-state index contributed by atoms with van der Waals surface area (Å²) in [5.41, 5.74) is 2.56. The molecule has 2 fully saturated rings. The van der Waals surface area contributed by atoms with Gasteiger partial charge in [-0.05, 0) is 80.8 Å². The molecule has 2 saturated carbocycles. The summed E-state index contributed by atoms with van der Waals surface area (Å²) in [7, 11) is 0. The summed E-state index contributed by atoms with van der Waals surface area (Å²) >= 11 is 0. The van der Waals surface area contributed by atoms with Crippen molar-refractivity contribution in [3.05, 3.63) is 54.1 Å². The number of carbonyl (C=O) groups excluding carboxylic acids is 1. The smallest absolute Gasteiger partial charge is 0.315 e. The van der Waals surface area contributed by atoms with E-state index in [4.69, 9.17) is 4.74 Å². The number of halogens is 2. The summed E-state index contributed by atoms with van der Waals surface area (Å²) in [6, 6.07) is 8.67. The van der Waals surface area contributed by atoms with E-state index in [0.717, 1.165) is 51.4 Å². The van der Waals surface area contributed by atoms with Crippen molar-refractivity contribution in [2.24, 2.45) is 17.8 Å². The van der Waals surface area contributed by atoms with Crippen LogP contribution in [0.25, 0.3) is 6.08 Å². The number of carbonyl (C=O) groups is 1. The summed E-state index contributed by atoms with van der Waals surface area (Å²) in [4.78, 5) is 12.5. The van der Waals surface area contributed by atoms with Crippen molar-refractivity contribution in [1.29, 1.82) is 0 Å². The average molecular weight is 445 g/mol. The van der Waals surface area contributed by atoms with Gasteiger partial charge in [-0.3, -0.25) is 4.79 Å². The van der Waals surface area contributed by atoms with Crippen LogP contribution in [0.5, 0.6) is 0 Å². The van der Waals surface area contributed by atoms with Crippen LogP contribution in [0.15, 0.2) is 43.0 Å². The molecule has 1 aromatic carbocycles. The molecule has 2 nitrogen and oxygen atoms in total. The lowest BCUT2D eigenvalue weighted by molar-refractivity contribution is -0.178. The van der Waals surface area contributed by atoms with Gasteiger partial charge in [-0.15, -0.1) is 6.58 Å². The van der Waals surface area contributed by atoms with Crippen molar-refractivity contribution in [2.75, 3.05) is 0 Å². The van der Waals surface area contributed by atoms with E-state index in [0.29, 0.717) is 12.3 Å². The maximum Gasteiger partial charge on any atom is 0.315 e. The van der Waals surface area contributed by atoms with E-state index in [1.807, 2.05) is 0 Å². The third-order valence-electron chi connectivity index (χ3n) is 7.08. The van der Waals surface area contributed by atoms with Gasteiger partial charge in [-0.1, -0.05) is 55.8 Å². The first kappa shape index (κ1) is 24.7. The standard InChI is InChI=1S/C28H38F2O2/c1-3-5-7-24-16-19-26(28(29,30)20-24)27(31)32-25-17-14-23(15-18-25)13-12-22-10-8-21(6-4-2)9-11-22/h3,8-13,23-26H,1,4-7,14-20H2,2H3/b13-12+. The number of rotatable bonds is 9. The first-order chi connectivity index (χ1) is 15.4. The number of alkyl halides is 2. The monoisotopic (exact) mass is 444 g/mol. The van der Waals surface area contributed by atoms with Crippen molar-refractivity contribution in [3.8, 4) is 0 Å². The fourth-order valence-electron chi connectivity index (χ4n) is 5.11. The molecule has 176 valence electrons. The maximum absolute atomic E-state index is 14.6. The van der Waals surface area contributed by atoms with Gasteiger partial charge in [0.05, 0.1) is 0 Å². The SMILES string of the molecule is C=CCCC1CCC(C(=O)OC2CCC(/C=C/c3ccc(CCC)cc3)CC2)C(F)(F)C1. The Bertz CT molecular complexity index is 760. The first-order valence-electron chi connectivity index (χ1n) is 12.4. The molecule has 32 heavy (non-hydrogen) atoms. The molecule has 0 spiro atoms. The zero-order valence-electron chi connectivity index (χ0n) is 19.4. The van der Waals surface area contributed by atoms with Crippen LogP contribution < -0.4 is 0 Å². The molecule has 0 radical (unpaired) electrons. The maximum atomic E-state index is 14.6. The molecular formula is C28H38F2O2. The Hall–Kier alpha value is -1.97. The average Bonchev–Trinajstić information content (AvgIpc) is 2.77. The van der Waals surface area contributed by atoms with Crippen molar-refractivity contribution in [3.63, 3.8) is 0 Å². The fraction of sp³-hybridized carbons (Fsp3) is 0.607. The van der Waals surface area contributed by atoms with Gasteiger partial charge in [0, 0.05) is 6.42 Å². The molecule has 0 heterocycles. The molecule has 0 amide bonds. The van der Waals surface area contributed by atoms with Gasteiger partial charge >= 0.3 is 5.97 Å². The lowest BCUT2D eigenvalue weighted by atomic mass is 9.77. The number of allylic oxidation sites excluding steroid dienone is 2. The van der Waals surface area contributed by atoms with Crippen LogP contribution in [-0.4, -0.2) is 18.0 Å². The summed E-state index contributed by atoms with van der Waals surface area (Å²) in [5, 5.41) is 0. The zero-order valence-corrected chi connectivity index (χ0v) is 19.4. The number of hydrogen-bond donors (Lipinski definition) is 0. The second-order valence-electron chi connectivity index (χ2n) is 9.65. The highest BCUT2D eigenvalue weighted by molar-refractivity contribution is 5.74. The fourth-order valence-corrected chi connectivity index (χ4v) is 5.11. The number of hydrogen-bond acceptors (Lipinski definition) is 2. The van der Waals surface area contributed by atoms with E-state index in [2.05, 4.69) is 49.9 Å². The van der Waals surface area contributed by atoms with Crippen molar-refractivity contribution in [2.45, 2.75) is 89.6 Å². The molecule has 1 aromatic rings. The topological polar surface area (TPSA) is 26.3 Å². The first-order valence-corrected chi connectivity index (χ1v) is 12.4. The molecule has 3 rings (SSSR count). The third-order valence-corrected chi connectivity index (χ3v) is 7.08. The van der Waals surface area contributed by atoms with Gasteiger partial charge in [-0.25, -0.2) is 8.78 Å². The molecule has 0 N–H and O–H groups in total. The molecule has 0 aromatic heterocycles. The Kier molecular flexibility index (Phi) is 9.07. The lowest BCUT2D eigenvalue weighted by Crippen LogP contribution is -2.42. The van der Waals surface area contributed by atoms with E-state index >= 15 is 0 Å². The molecule has 4 heteroatoms. The largest absolute Gasteiger partial charge is 0.462 e. The van der Waals surface area contributed by atoms with Crippen LogP contribution in [0.3, 0.4) is 0 Å². The molecule has 2 atom stereocenters.